The normalized spacial score (nSPS) is 29.4. The second-order valence-electron chi connectivity index (χ2n) is 7.71. The largest absolute Gasteiger partial charge is 0.355 e. The lowest BCUT2D eigenvalue weighted by molar-refractivity contribution is -0.129. The summed E-state index contributed by atoms with van der Waals surface area (Å²) in [6, 6.07) is 0. The smallest absolute Gasteiger partial charge is 0.223 e. The second kappa shape index (κ2) is 6.08. The zero-order chi connectivity index (χ0) is 13.9. The Morgan fingerprint density at radius 3 is 2.39 bits per heavy atom. The fourth-order valence-corrected chi connectivity index (χ4v) is 2.99. The summed E-state index contributed by atoms with van der Waals surface area (Å²) in [5.74, 6) is 2.40. The van der Waals surface area contributed by atoms with Gasteiger partial charge < -0.3 is 5.32 Å². The molecule has 1 rings (SSSR count). The van der Waals surface area contributed by atoms with Crippen LogP contribution >= 0.6 is 0 Å². The lowest BCUT2D eigenvalue weighted by atomic mass is 9.69. The van der Waals surface area contributed by atoms with Crippen LogP contribution in [0.3, 0.4) is 0 Å². The van der Waals surface area contributed by atoms with E-state index in [-0.39, 0.29) is 17.2 Å². The zero-order valence-corrected chi connectivity index (χ0v) is 13.0. The molecule has 1 saturated carbocycles. The van der Waals surface area contributed by atoms with Crippen LogP contribution in [0.25, 0.3) is 0 Å². The van der Waals surface area contributed by atoms with Crippen LogP contribution in [0.1, 0.15) is 60.8 Å². The molecule has 0 saturated heterocycles. The summed E-state index contributed by atoms with van der Waals surface area (Å²) >= 11 is 0. The van der Waals surface area contributed by atoms with E-state index in [1.807, 2.05) is 0 Å². The predicted octanol–water partition coefficient (Wildman–Crippen LogP) is 3.86. The van der Waals surface area contributed by atoms with Gasteiger partial charge in [0.25, 0.3) is 0 Å². The van der Waals surface area contributed by atoms with Gasteiger partial charge in [-0.1, -0.05) is 48.0 Å². The van der Waals surface area contributed by atoms with Crippen LogP contribution in [-0.2, 0) is 4.79 Å². The summed E-state index contributed by atoms with van der Waals surface area (Å²) in [4.78, 5) is 12.4. The summed E-state index contributed by atoms with van der Waals surface area (Å²) in [7, 11) is 0. The van der Waals surface area contributed by atoms with E-state index >= 15 is 0 Å². The second-order valence-corrected chi connectivity index (χ2v) is 7.71. The molecule has 0 aliphatic heterocycles. The zero-order valence-electron chi connectivity index (χ0n) is 13.0. The minimum Gasteiger partial charge on any atom is -0.355 e. The van der Waals surface area contributed by atoms with Gasteiger partial charge in [0.1, 0.15) is 0 Å². The average Bonchev–Trinajstić information content (AvgIpc) is 2.24. The standard InChI is InChI=1S/C16H31NO/c1-11(2)13-8-7-12(3)9-14(13)15(18)17-10-16(4,5)6/h11-14H,7-10H2,1-6H3,(H,17,18). The van der Waals surface area contributed by atoms with Gasteiger partial charge >= 0.3 is 0 Å². The summed E-state index contributed by atoms with van der Waals surface area (Å²) in [6.07, 6.45) is 3.57. The Balaban J connectivity index is 2.61. The monoisotopic (exact) mass is 253 g/mol. The molecule has 1 aliphatic carbocycles. The molecule has 0 heterocycles. The van der Waals surface area contributed by atoms with Crippen molar-refractivity contribution in [2.45, 2.75) is 60.8 Å². The Kier molecular flexibility index (Phi) is 5.24. The summed E-state index contributed by atoms with van der Waals surface area (Å²) in [6.45, 7) is 14.1. The maximum Gasteiger partial charge on any atom is 0.223 e. The molecule has 2 heteroatoms. The van der Waals surface area contributed by atoms with E-state index in [0.717, 1.165) is 13.0 Å². The molecule has 18 heavy (non-hydrogen) atoms. The van der Waals surface area contributed by atoms with Crippen LogP contribution in [0.15, 0.2) is 0 Å². The van der Waals surface area contributed by atoms with Crippen molar-refractivity contribution in [1.82, 2.24) is 5.32 Å². The van der Waals surface area contributed by atoms with Crippen LogP contribution in [0, 0.1) is 29.1 Å². The van der Waals surface area contributed by atoms with E-state index in [1.165, 1.54) is 12.8 Å². The van der Waals surface area contributed by atoms with Gasteiger partial charge in [0.15, 0.2) is 0 Å². The Labute approximate surface area is 113 Å². The van der Waals surface area contributed by atoms with Crippen molar-refractivity contribution in [1.29, 1.82) is 0 Å². The lowest BCUT2D eigenvalue weighted by Gasteiger charge is -2.36. The van der Waals surface area contributed by atoms with Crippen LogP contribution in [-0.4, -0.2) is 12.5 Å². The SMILES string of the molecule is CC1CCC(C(C)C)C(C(=O)NCC(C)(C)C)C1. The maximum absolute atomic E-state index is 12.4. The first-order valence-electron chi connectivity index (χ1n) is 7.48. The maximum atomic E-state index is 12.4. The van der Waals surface area contributed by atoms with Gasteiger partial charge in [-0.15, -0.1) is 0 Å². The van der Waals surface area contributed by atoms with E-state index in [2.05, 4.69) is 46.9 Å². The highest BCUT2D eigenvalue weighted by molar-refractivity contribution is 5.79. The van der Waals surface area contributed by atoms with E-state index in [4.69, 9.17) is 0 Å². The number of nitrogens with one attached hydrogen (secondary N) is 1. The molecule has 0 aromatic rings. The molecule has 1 amide bonds. The first-order valence-corrected chi connectivity index (χ1v) is 7.48. The van der Waals surface area contributed by atoms with Gasteiger partial charge in [0, 0.05) is 12.5 Å². The van der Waals surface area contributed by atoms with Gasteiger partial charge in [-0.2, -0.15) is 0 Å². The number of amides is 1. The Morgan fingerprint density at radius 2 is 1.89 bits per heavy atom. The number of hydrogen-bond donors (Lipinski definition) is 1. The van der Waals surface area contributed by atoms with Gasteiger partial charge in [0.05, 0.1) is 0 Å². The van der Waals surface area contributed by atoms with E-state index in [1.54, 1.807) is 0 Å². The third-order valence-corrected chi connectivity index (χ3v) is 4.15. The molecule has 0 aromatic heterocycles. The van der Waals surface area contributed by atoms with Crippen LogP contribution in [0.2, 0.25) is 0 Å². The number of rotatable bonds is 3. The van der Waals surface area contributed by atoms with E-state index in [9.17, 15) is 4.79 Å². The lowest BCUT2D eigenvalue weighted by Crippen LogP contribution is -2.42. The topological polar surface area (TPSA) is 29.1 Å². The third kappa shape index (κ3) is 4.62. The van der Waals surface area contributed by atoms with Crippen molar-refractivity contribution in [3.05, 3.63) is 0 Å². The van der Waals surface area contributed by atoms with Crippen molar-refractivity contribution in [2.75, 3.05) is 6.54 Å². The highest BCUT2D eigenvalue weighted by Gasteiger charge is 2.35. The molecule has 0 bridgehead atoms. The molecule has 0 spiro atoms. The fraction of sp³-hybridized carbons (Fsp3) is 0.938. The first-order chi connectivity index (χ1) is 8.20. The van der Waals surface area contributed by atoms with E-state index in [0.29, 0.717) is 17.8 Å². The fourth-order valence-electron chi connectivity index (χ4n) is 2.99. The van der Waals surface area contributed by atoms with E-state index < -0.39 is 0 Å². The summed E-state index contributed by atoms with van der Waals surface area (Å²) in [5, 5.41) is 3.16. The Morgan fingerprint density at radius 1 is 1.28 bits per heavy atom. The molecule has 1 aliphatic rings. The van der Waals surface area contributed by atoms with Crippen molar-refractivity contribution >= 4 is 5.91 Å². The van der Waals surface area contributed by atoms with Gasteiger partial charge in [-0.05, 0) is 36.0 Å². The van der Waals surface area contributed by atoms with Crippen LogP contribution in [0.5, 0.6) is 0 Å². The molecular formula is C16H31NO. The number of carbonyl (C=O) groups is 1. The number of carbonyl (C=O) groups excluding carboxylic acids is 1. The molecule has 0 aromatic carbocycles. The summed E-state index contributed by atoms with van der Waals surface area (Å²) in [5.41, 5.74) is 0.170. The quantitative estimate of drug-likeness (QED) is 0.813. The molecule has 0 radical (unpaired) electrons. The van der Waals surface area contributed by atoms with Gasteiger partial charge in [-0.25, -0.2) is 0 Å². The Hall–Kier alpha value is -0.530. The molecule has 1 N–H and O–H groups in total. The minimum absolute atomic E-state index is 0.170. The van der Waals surface area contributed by atoms with Gasteiger partial charge in [-0.3, -0.25) is 4.79 Å². The molecule has 1 fully saturated rings. The summed E-state index contributed by atoms with van der Waals surface area (Å²) < 4.78 is 0. The minimum atomic E-state index is 0.170. The number of hydrogen-bond acceptors (Lipinski definition) is 1. The van der Waals surface area contributed by atoms with Gasteiger partial charge in [0.2, 0.25) is 5.91 Å². The van der Waals surface area contributed by atoms with Crippen molar-refractivity contribution in [3.63, 3.8) is 0 Å². The van der Waals surface area contributed by atoms with Crippen LogP contribution < -0.4 is 5.32 Å². The molecule has 3 unspecified atom stereocenters. The predicted molar refractivity (Wildman–Crippen MR) is 77.3 cm³/mol. The van der Waals surface area contributed by atoms with Crippen molar-refractivity contribution < 1.29 is 4.79 Å². The molecule has 106 valence electrons. The van der Waals surface area contributed by atoms with Crippen molar-refractivity contribution in [2.24, 2.45) is 29.1 Å². The average molecular weight is 253 g/mol. The molecule has 3 atom stereocenters. The highest BCUT2D eigenvalue weighted by Crippen LogP contribution is 2.38. The highest BCUT2D eigenvalue weighted by atomic mass is 16.1. The Bertz CT molecular complexity index is 277. The third-order valence-electron chi connectivity index (χ3n) is 4.15. The molecular weight excluding hydrogens is 222 g/mol. The van der Waals surface area contributed by atoms with Crippen molar-refractivity contribution in [3.8, 4) is 0 Å². The molecule has 2 nitrogen and oxygen atoms in total. The first kappa shape index (κ1) is 15.5. The van der Waals surface area contributed by atoms with Crippen LogP contribution in [0.4, 0.5) is 0 Å².